The number of rotatable bonds is 3. The van der Waals surface area contributed by atoms with Crippen molar-refractivity contribution in [2.24, 2.45) is 0 Å². The van der Waals surface area contributed by atoms with Crippen molar-refractivity contribution < 1.29 is 9.90 Å². The minimum atomic E-state index is -0.761. The molecule has 0 saturated heterocycles. The van der Waals surface area contributed by atoms with Crippen LogP contribution in [0.5, 0.6) is 0 Å². The van der Waals surface area contributed by atoms with Gasteiger partial charge in [-0.2, -0.15) is 0 Å². The van der Waals surface area contributed by atoms with Crippen molar-refractivity contribution in [1.29, 1.82) is 0 Å². The van der Waals surface area contributed by atoms with Gasteiger partial charge < -0.3 is 10.0 Å². The Balaban J connectivity index is 2.39. The van der Waals surface area contributed by atoms with E-state index in [-0.39, 0.29) is 11.8 Å². The van der Waals surface area contributed by atoms with Crippen molar-refractivity contribution in [2.75, 3.05) is 11.4 Å². The summed E-state index contributed by atoms with van der Waals surface area (Å²) in [6, 6.07) is 8.22. The predicted molar refractivity (Wildman–Crippen MR) is 72.8 cm³/mol. The van der Waals surface area contributed by atoms with E-state index in [4.69, 9.17) is 5.11 Å². The van der Waals surface area contributed by atoms with Crippen LogP contribution < -0.4 is 4.90 Å². The van der Waals surface area contributed by atoms with E-state index in [0.29, 0.717) is 6.54 Å². The largest absolute Gasteiger partial charge is 0.481 e. The Morgan fingerprint density at radius 3 is 2.67 bits per heavy atom. The molecule has 0 atom stereocenters. The lowest BCUT2D eigenvalue weighted by molar-refractivity contribution is -0.136. The van der Waals surface area contributed by atoms with Crippen LogP contribution in [0.4, 0.5) is 5.69 Å². The number of allylic oxidation sites excluding steroid dienone is 1. The molecule has 0 radical (unpaired) electrons. The van der Waals surface area contributed by atoms with Crippen LogP contribution in [0.2, 0.25) is 0 Å². The van der Waals surface area contributed by atoms with Crippen LogP contribution >= 0.6 is 0 Å². The molecular weight excluding hydrogens is 226 g/mol. The summed E-state index contributed by atoms with van der Waals surface area (Å²) in [6.45, 7) is 7.02. The van der Waals surface area contributed by atoms with E-state index in [1.165, 1.54) is 11.1 Å². The van der Waals surface area contributed by atoms with Crippen LogP contribution in [0.3, 0.4) is 0 Å². The summed E-state index contributed by atoms with van der Waals surface area (Å²) in [5.41, 5.74) is 3.65. The van der Waals surface area contributed by atoms with Crippen molar-refractivity contribution in [3.8, 4) is 0 Å². The van der Waals surface area contributed by atoms with Crippen molar-refractivity contribution in [1.82, 2.24) is 0 Å². The Bertz CT molecular complexity index is 503. The van der Waals surface area contributed by atoms with E-state index < -0.39 is 5.97 Å². The Morgan fingerprint density at radius 1 is 1.33 bits per heavy atom. The number of para-hydroxylation sites is 1. The van der Waals surface area contributed by atoms with Crippen LogP contribution in [-0.2, 0) is 10.2 Å². The lowest BCUT2D eigenvalue weighted by Gasteiger charge is -2.38. The summed E-state index contributed by atoms with van der Waals surface area (Å²) in [5, 5.41) is 8.81. The Labute approximate surface area is 108 Å². The van der Waals surface area contributed by atoms with Gasteiger partial charge in [0.1, 0.15) is 0 Å². The first-order valence-corrected chi connectivity index (χ1v) is 6.20. The zero-order valence-corrected chi connectivity index (χ0v) is 11.1. The number of hydrogen-bond acceptors (Lipinski definition) is 2. The number of nitrogens with zero attached hydrogens (tertiary/aromatic N) is 1. The normalized spacial score (nSPS) is 17.1. The van der Waals surface area contributed by atoms with Gasteiger partial charge in [0.25, 0.3) is 0 Å². The van der Waals surface area contributed by atoms with Gasteiger partial charge in [-0.15, -0.1) is 0 Å². The van der Waals surface area contributed by atoms with E-state index in [1.807, 2.05) is 17.0 Å². The molecule has 0 aromatic heterocycles. The fraction of sp³-hybridized carbons (Fsp3) is 0.400. The van der Waals surface area contributed by atoms with Crippen molar-refractivity contribution in [2.45, 2.75) is 32.6 Å². The molecule has 0 bridgehead atoms. The summed E-state index contributed by atoms with van der Waals surface area (Å²) in [5.74, 6) is -0.761. The number of carboxylic acids is 1. The third-order valence-corrected chi connectivity index (χ3v) is 3.79. The van der Waals surface area contributed by atoms with Crippen molar-refractivity contribution >= 4 is 11.7 Å². The maximum absolute atomic E-state index is 10.7. The van der Waals surface area contributed by atoms with E-state index in [9.17, 15) is 4.79 Å². The highest BCUT2D eigenvalue weighted by Crippen LogP contribution is 2.41. The number of carbonyl (C=O) groups is 1. The maximum atomic E-state index is 10.7. The van der Waals surface area contributed by atoms with Crippen LogP contribution in [0.1, 0.15) is 32.8 Å². The number of fused-ring (bicyclic) bond motifs is 1. The third kappa shape index (κ3) is 2.13. The SMILES string of the molecule is CC1=CN(CCC(=O)O)c2ccccc2C1(C)C. The monoisotopic (exact) mass is 245 g/mol. The second kappa shape index (κ2) is 4.48. The van der Waals surface area contributed by atoms with Gasteiger partial charge >= 0.3 is 5.97 Å². The van der Waals surface area contributed by atoms with E-state index >= 15 is 0 Å². The number of hydrogen-bond donors (Lipinski definition) is 1. The average molecular weight is 245 g/mol. The van der Waals surface area contributed by atoms with Gasteiger partial charge in [-0.3, -0.25) is 4.79 Å². The van der Waals surface area contributed by atoms with Crippen molar-refractivity contribution in [3.63, 3.8) is 0 Å². The zero-order chi connectivity index (χ0) is 13.3. The minimum absolute atomic E-state index is 0.0102. The Morgan fingerprint density at radius 2 is 2.00 bits per heavy atom. The molecule has 0 spiro atoms. The average Bonchev–Trinajstić information content (AvgIpc) is 2.32. The lowest BCUT2D eigenvalue weighted by Crippen LogP contribution is -2.32. The van der Waals surface area contributed by atoms with E-state index in [1.54, 1.807) is 0 Å². The van der Waals surface area contributed by atoms with E-state index in [2.05, 4.69) is 39.1 Å². The molecule has 96 valence electrons. The molecule has 1 aliphatic rings. The maximum Gasteiger partial charge on any atom is 0.305 e. The molecule has 1 N–H and O–H groups in total. The Kier molecular flexibility index (Phi) is 3.16. The Hall–Kier alpha value is -1.77. The standard InChI is InChI=1S/C15H19NO2/c1-11-10-16(9-8-14(17)18)13-7-5-4-6-12(13)15(11,2)3/h4-7,10H,8-9H2,1-3H3,(H,17,18). The summed E-state index contributed by atoms with van der Waals surface area (Å²) in [6.07, 6.45) is 2.23. The quantitative estimate of drug-likeness (QED) is 0.889. The minimum Gasteiger partial charge on any atom is -0.481 e. The number of aliphatic carboxylic acids is 1. The third-order valence-electron chi connectivity index (χ3n) is 3.79. The van der Waals surface area contributed by atoms with Crippen LogP contribution in [0.25, 0.3) is 0 Å². The number of carboxylic acid groups (broad SMARTS) is 1. The molecule has 1 aliphatic heterocycles. The van der Waals surface area contributed by atoms with E-state index in [0.717, 1.165) is 5.69 Å². The molecular formula is C15H19NO2. The molecule has 0 amide bonds. The molecule has 0 fully saturated rings. The molecule has 1 aromatic carbocycles. The fourth-order valence-corrected chi connectivity index (χ4v) is 2.33. The summed E-state index contributed by atoms with van der Waals surface area (Å²) in [7, 11) is 0. The second-order valence-corrected chi connectivity index (χ2v) is 5.29. The predicted octanol–water partition coefficient (Wildman–Crippen LogP) is 3.16. The first kappa shape index (κ1) is 12.7. The molecule has 3 heteroatoms. The van der Waals surface area contributed by atoms with Crippen molar-refractivity contribution in [3.05, 3.63) is 41.6 Å². The second-order valence-electron chi connectivity index (χ2n) is 5.29. The van der Waals surface area contributed by atoms with Crippen LogP contribution in [0, 0.1) is 0 Å². The van der Waals surface area contributed by atoms with Crippen LogP contribution in [-0.4, -0.2) is 17.6 Å². The van der Waals surface area contributed by atoms with Gasteiger partial charge in [0, 0.05) is 23.8 Å². The van der Waals surface area contributed by atoms with Gasteiger partial charge in [0.05, 0.1) is 6.42 Å². The summed E-state index contributed by atoms with van der Waals surface area (Å²) < 4.78 is 0. The van der Waals surface area contributed by atoms with Gasteiger partial charge in [0.15, 0.2) is 0 Å². The lowest BCUT2D eigenvalue weighted by atomic mass is 9.76. The van der Waals surface area contributed by atoms with Crippen LogP contribution in [0.15, 0.2) is 36.0 Å². The topological polar surface area (TPSA) is 40.5 Å². The van der Waals surface area contributed by atoms with Gasteiger partial charge in [-0.05, 0) is 24.1 Å². The first-order chi connectivity index (χ1) is 8.43. The molecule has 18 heavy (non-hydrogen) atoms. The fourth-order valence-electron chi connectivity index (χ4n) is 2.33. The molecule has 3 nitrogen and oxygen atoms in total. The molecule has 0 aliphatic carbocycles. The highest BCUT2D eigenvalue weighted by Gasteiger charge is 2.31. The molecule has 1 heterocycles. The van der Waals surface area contributed by atoms with Gasteiger partial charge in [-0.1, -0.05) is 32.0 Å². The first-order valence-electron chi connectivity index (χ1n) is 6.20. The zero-order valence-electron chi connectivity index (χ0n) is 11.1. The number of anilines is 1. The summed E-state index contributed by atoms with van der Waals surface area (Å²) in [4.78, 5) is 12.8. The van der Waals surface area contributed by atoms with Gasteiger partial charge in [0.2, 0.25) is 0 Å². The highest BCUT2D eigenvalue weighted by atomic mass is 16.4. The molecule has 1 aromatic rings. The number of benzene rings is 1. The smallest absolute Gasteiger partial charge is 0.305 e. The van der Waals surface area contributed by atoms with Gasteiger partial charge in [-0.25, -0.2) is 0 Å². The summed E-state index contributed by atoms with van der Waals surface area (Å²) >= 11 is 0. The molecule has 0 unspecified atom stereocenters. The molecule has 0 saturated carbocycles. The highest BCUT2D eigenvalue weighted by molar-refractivity contribution is 5.69. The molecule has 2 rings (SSSR count).